The van der Waals surface area contributed by atoms with Crippen LogP contribution in [-0.4, -0.2) is 17.8 Å². The summed E-state index contributed by atoms with van der Waals surface area (Å²) in [7, 11) is 0. The fraction of sp³-hybridized carbons (Fsp3) is 0.0800. The van der Waals surface area contributed by atoms with Crippen LogP contribution in [0.25, 0.3) is 6.08 Å². The van der Waals surface area contributed by atoms with Crippen LogP contribution in [0.15, 0.2) is 78.4 Å². The molecule has 1 saturated heterocycles. The number of nitrogens with zero attached hydrogens (tertiary/aromatic N) is 1. The molecule has 1 fully saturated rings. The molecule has 1 aliphatic rings. The molecule has 0 aromatic heterocycles. The van der Waals surface area contributed by atoms with E-state index in [2.05, 4.69) is 5.32 Å². The number of hydrogen-bond acceptors (Lipinski definition) is 4. The molecule has 3 aromatic rings. The zero-order chi connectivity index (χ0) is 22.7. The van der Waals surface area contributed by atoms with E-state index < -0.39 is 17.8 Å². The molecule has 32 heavy (non-hydrogen) atoms. The molecule has 3 aromatic carbocycles. The van der Waals surface area contributed by atoms with E-state index in [9.17, 15) is 14.4 Å². The molecule has 0 atom stereocenters. The van der Waals surface area contributed by atoms with E-state index in [-0.39, 0.29) is 5.57 Å². The minimum Gasteiger partial charge on any atom is -0.488 e. The minimum absolute atomic E-state index is 0.181. The number of carbonyl (C=O) groups is 3. The third-order valence-electron chi connectivity index (χ3n) is 4.97. The summed E-state index contributed by atoms with van der Waals surface area (Å²) < 4.78 is 5.92. The SMILES string of the molecule is Cc1ccc(Cl)cc1N1C(=O)NC(=O)/C(=C\c2ccccc2OCc2ccccc2)C1=O. The number of hydrogen-bond donors (Lipinski definition) is 1. The summed E-state index contributed by atoms with van der Waals surface area (Å²) in [5.41, 5.74) is 2.32. The summed E-state index contributed by atoms with van der Waals surface area (Å²) in [5.74, 6) is -0.998. The maximum absolute atomic E-state index is 13.2. The largest absolute Gasteiger partial charge is 0.488 e. The van der Waals surface area contributed by atoms with Gasteiger partial charge in [-0.25, -0.2) is 9.69 Å². The summed E-state index contributed by atoms with van der Waals surface area (Å²) in [4.78, 5) is 39.1. The van der Waals surface area contributed by atoms with Crippen molar-refractivity contribution >= 4 is 41.2 Å². The highest BCUT2D eigenvalue weighted by Gasteiger charge is 2.37. The Bertz CT molecular complexity index is 1240. The lowest BCUT2D eigenvalue weighted by Crippen LogP contribution is -2.54. The first-order chi connectivity index (χ1) is 15.4. The van der Waals surface area contributed by atoms with Crippen molar-refractivity contribution in [1.29, 1.82) is 0 Å². The van der Waals surface area contributed by atoms with E-state index in [0.29, 0.717) is 34.2 Å². The molecule has 6 nitrogen and oxygen atoms in total. The van der Waals surface area contributed by atoms with Gasteiger partial charge in [-0.2, -0.15) is 0 Å². The molecule has 160 valence electrons. The highest BCUT2D eigenvalue weighted by molar-refractivity contribution is 6.39. The standard InChI is InChI=1S/C25H19ClN2O4/c1-16-11-12-19(26)14-21(16)28-24(30)20(23(29)27-25(28)31)13-18-9-5-6-10-22(18)32-15-17-7-3-2-4-8-17/h2-14H,15H2,1H3,(H,27,29,31)/b20-13+. The number of amides is 4. The summed E-state index contributed by atoms with van der Waals surface area (Å²) in [6.45, 7) is 2.08. The highest BCUT2D eigenvalue weighted by Crippen LogP contribution is 2.29. The Labute approximate surface area is 190 Å². The lowest BCUT2D eigenvalue weighted by molar-refractivity contribution is -0.122. The number of carbonyl (C=O) groups excluding carboxylic acids is 3. The second kappa shape index (κ2) is 9.08. The zero-order valence-electron chi connectivity index (χ0n) is 17.2. The van der Waals surface area contributed by atoms with Gasteiger partial charge in [0.15, 0.2) is 0 Å². The van der Waals surface area contributed by atoms with Crippen LogP contribution < -0.4 is 15.0 Å². The number of barbiturate groups is 1. The maximum atomic E-state index is 13.2. The summed E-state index contributed by atoms with van der Waals surface area (Å²) >= 11 is 6.06. The summed E-state index contributed by atoms with van der Waals surface area (Å²) in [5, 5.41) is 2.60. The second-order valence-electron chi connectivity index (χ2n) is 7.20. The molecular weight excluding hydrogens is 428 g/mol. The van der Waals surface area contributed by atoms with Crippen LogP contribution >= 0.6 is 11.6 Å². The lowest BCUT2D eigenvalue weighted by Gasteiger charge is -2.27. The average Bonchev–Trinajstić information content (AvgIpc) is 2.79. The van der Waals surface area contributed by atoms with E-state index in [0.717, 1.165) is 10.5 Å². The van der Waals surface area contributed by atoms with Gasteiger partial charge in [-0.05, 0) is 42.3 Å². The lowest BCUT2D eigenvalue weighted by atomic mass is 10.0. The Morgan fingerprint density at radius 3 is 2.47 bits per heavy atom. The normalized spacial score (nSPS) is 15.1. The van der Waals surface area contributed by atoms with E-state index in [1.807, 2.05) is 30.3 Å². The van der Waals surface area contributed by atoms with Crippen LogP contribution in [-0.2, 0) is 16.2 Å². The van der Waals surface area contributed by atoms with Gasteiger partial charge >= 0.3 is 6.03 Å². The number of para-hydroxylation sites is 1. The first-order valence-electron chi connectivity index (χ1n) is 9.87. The van der Waals surface area contributed by atoms with Crippen molar-refractivity contribution in [3.05, 3.63) is 100 Å². The van der Waals surface area contributed by atoms with Gasteiger partial charge in [0, 0.05) is 10.6 Å². The van der Waals surface area contributed by atoms with Gasteiger partial charge in [0.1, 0.15) is 17.9 Å². The number of rotatable bonds is 5. The number of benzene rings is 3. The van der Waals surface area contributed by atoms with Gasteiger partial charge in [0.25, 0.3) is 11.8 Å². The number of urea groups is 1. The number of aryl methyl sites for hydroxylation is 1. The number of ether oxygens (including phenoxy) is 1. The Hall–Kier alpha value is -3.90. The third-order valence-corrected chi connectivity index (χ3v) is 5.20. The van der Waals surface area contributed by atoms with Crippen molar-refractivity contribution in [3.63, 3.8) is 0 Å². The Balaban J connectivity index is 1.67. The minimum atomic E-state index is -0.823. The molecule has 0 aliphatic carbocycles. The van der Waals surface area contributed by atoms with E-state index in [4.69, 9.17) is 16.3 Å². The smallest absolute Gasteiger partial charge is 0.335 e. The van der Waals surface area contributed by atoms with Crippen molar-refractivity contribution in [2.24, 2.45) is 0 Å². The molecule has 0 saturated carbocycles. The zero-order valence-corrected chi connectivity index (χ0v) is 17.9. The molecule has 0 bridgehead atoms. The molecule has 7 heteroatoms. The molecular formula is C25H19ClN2O4. The molecule has 0 radical (unpaired) electrons. The molecule has 4 amide bonds. The van der Waals surface area contributed by atoms with Crippen LogP contribution in [0.1, 0.15) is 16.7 Å². The fourth-order valence-electron chi connectivity index (χ4n) is 3.32. The van der Waals surface area contributed by atoms with Crippen LogP contribution in [0, 0.1) is 6.92 Å². The van der Waals surface area contributed by atoms with Gasteiger partial charge < -0.3 is 4.74 Å². The summed E-state index contributed by atoms with van der Waals surface area (Å²) in [6, 6.07) is 20.8. The highest BCUT2D eigenvalue weighted by atomic mass is 35.5. The van der Waals surface area contributed by atoms with Crippen molar-refractivity contribution in [2.75, 3.05) is 4.90 Å². The average molecular weight is 447 g/mol. The van der Waals surface area contributed by atoms with Crippen LogP contribution in [0.4, 0.5) is 10.5 Å². The first-order valence-corrected chi connectivity index (χ1v) is 10.2. The van der Waals surface area contributed by atoms with Gasteiger partial charge in [0.2, 0.25) is 0 Å². The molecule has 0 unspecified atom stereocenters. The van der Waals surface area contributed by atoms with E-state index in [1.54, 1.807) is 43.3 Å². The van der Waals surface area contributed by atoms with Crippen LogP contribution in [0.2, 0.25) is 5.02 Å². The Kier molecular flexibility index (Phi) is 6.05. The molecule has 1 aliphatic heterocycles. The van der Waals surface area contributed by atoms with Gasteiger partial charge in [-0.3, -0.25) is 14.9 Å². The number of imide groups is 2. The Morgan fingerprint density at radius 2 is 1.69 bits per heavy atom. The fourth-order valence-corrected chi connectivity index (χ4v) is 3.49. The van der Waals surface area contributed by atoms with Crippen LogP contribution in [0.3, 0.4) is 0 Å². The van der Waals surface area contributed by atoms with Crippen molar-refractivity contribution in [1.82, 2.24) is 5.32 Å². The van der Waals surface area contributed by atoms with Crippen LogP contribution in [0.5, 0.6) is 5.75 Å². The monoisotopic (exact) mass is 446 g/mol. The first kappa shape index (κ1) is 21.3. The van der Waals surface area contributed by atoms with Crippen molar-refractivity contribution < 1.29 is 19.1 Å². The molecule has 1 heterocycles. The van der Waals surface area contributed by atoms with Crippen molar-refractivity contribution in [2.45, 2.75) is 13.5 Å². The van der Waals surface area contributed by atoms with Crippen molar-refractivity contribution in [3.8, 4) is 5.75 Å². The number of anilines is 1. The number of nitrogens with one attached hydrogen (secondary N) is 1. The molecule has 4 rings (SSSR count). The van der Waals surface area contributed by atoms with E-state index in [1.165, 1.54) is 12.1 Å². The van der Waals surface area contributed by atoms with Gasteiger partial charge in [0.05, 0.1) is 5.69 Å². The van der Waals surface area contributed by atoms with E-state index >= 15 is 0 Å². The Morgan fingerprint density at radius 1 is 0.969 bits per heavy atom. The quantitative estimate of drug-likeness (QED) is 0.447. The molecule has 0 spiro atoms. The van der Waals surface area contributed by atoms with Gasteiger partial charge in [-0.1, -0.05) is 66.2 Å². The van der Waals surface area contributed by atoms with Gasteiger partial charge in [-0.15, -0.1) is 0 Å². The summed E-state index contributed by atoms with van der Waals surface area (Å²) in [6.07, 6.45) is 1.43. The topological polar surface area (TPSA) is 75.7 Å². The predicted molar refractivity (Wildman–Crippen MR) is 122 cm³/mol. The third kappa shape index (κ3) is 4.40. The maximum Gasteiger partial charge on any atom is 0.335 e. The second-order valence-corrected chi connectivity index (χ2v) is 7.64. The molecule has 1 N–H and O–H groups in total. The predicted octanol–water partition coefficient (Wildman–Crippen LogP) is 4.89. The number of halogens is 1.